The summed E-state index contributed by atoms with van der Waals surface area (Å²) in [6.45, 7) is 1.46. The van der Waals surface area contributed by atoms with Crippen molar-refractivity contribution < 1.29 is 9.53 Å². The fraction of sp³-hybridized carbons (Fsp3) is 0.556. The molecule has 0 unspecified atom stereocenters. The lowest BCUT2D eigenvalue weighted by atomic mass is 9.89. The quantitative estimate of drug-likeness (QED) is 0.794. The van der Waals surface area contributed by atoms with E-state index in [1.807, 2.05) is 30.3 Å². The van der Waals surface area contributed by atoms with Gasteiger partial charge in [0.2, 0.25) is 0 Å². The lowest BCUT2D eigenvalue weighted by Crippen LogP contribution is -2.37. The van der Waals surface area contributed by atoms with Crippen LogP contribution in [0.3, 0.4) is 0 Å². The maximum absolute atomic E-state index is 12.3. The van der Waals surface area contributed by atoms with Crippen LogP contribution in [0.1, 0.15) is 44.1 Å². The number of carbonyl (C=O) groups is 1. The highest BCUT2D eigenvalue weighted by atomic mass is 16.6. The summed E-state index contributed by atoms with van der Waals surface area (Å²) in [6.07, 6.45) is 6.19. The minimum Gasteiger partial charge on any atom is -0.445 e. The van der Waals surface area contributed by atoms with E-state index >= 15 is 0 Å². The molecule has 0 radical (unpaired) electrons. The van der Waals surface area contributed by atoms with Gasteiger partial charge in [-0.1, -0.05) is 49.6 Å². The van der Waals surface area contributed by atoms with Crippen LogP contribution < -0.4 is 0 Å². The summed E-state index contributed by atoms with van der Waals surface area (Å²) in [6, 6.07) is 11.8. The molecular formula is C18H24N2O2. The zero-order valence-corrected chi connectivity index (χ0v) is 13.0. The maximum atomic E-state index is 12.3. The van der Waals surface area contributed by atoms with E-state index in [1.54, 1.807) is 4.90 Å². The second kappa shape index (κ2) is 9.09. The lowest BCUT2D eigenvalue weighted by molar-refractivity contribution is 0.0878. The molecule has 1 fully saturated rings. The van der Waals surface area contributed by atoms with Crippen LogP contribution in [0.4, 0.5) is 4.79 Å². The average Bonchev–Trinajstić information content (AvgIpc) is 2.58. The predicted molar refractivity (Wildman–Crippen MR) is 85.0 cm³/mol. The van der Waals surface area contributed by atoms with Gasteiger partial charge in [0.05, 0.1) is 12.5 Å². The van der Waals surface area contributed by atoms with Crippen LogP contribution in [0, 0.1) is 17.2 Å². The zero-order chi connectivity index (χ0) is 15.6. The summed E-state index contributed by atoms with van der Waals surface area (Å²) in [5, 5.41) is 8.78. The molecule has 0 saturated heterocycles. The van der Waals surface area contributed by atoms with Gasteiger partial charge in [-0.05, 0) is 24.3 Å². The van der Waals surface area contributed by atoms with Crippen molar-refractivity contribution in [2.75, 3.05) is 13.1 Å². The van der Waals surface area contributed by atoms with Gasteiger partial charge in [-0.3, -0.25) is 0 Å². The van der Waals surface area contributed by atoms with Crippen LogP contribution in [0.15, 0.2) is 30.3 Å². The van der Waals surface area contributed by atoms with Crippen LogP contribution in [-0.2, 0) is 11.3 Å². The molecule has 118 valence electrons. The molecule has 1 aromatic rings. The number of carbonyl (C=O) groups excluding carboxylic acids is 1. The fourth-order valence-corrected chi connectivity index (χ4v) is 2.93. The topological polar surface area (TPSA) is 53.3 Å². The number of hydrogen-bond acceptors (Lipinski definition) is 3. The summed E-state index contributed by atoms with van der Waals surface area (Å²) in [4.78, 5) is 14.0. The van der Waals surface area contributed by atoms with Crippen molar-refractivity contribution in [3.63, 3.8) is 0 Å². The molecule has 1 amide bonds. The Morgan fingerprint density at radius 1 is 1.23 bits per heavy atom. The van der Waals surface area contributed by atoms with E-state index in [2.05, 4.69) is 6.07 Å². The Morgan fingerprint density at radius 3 is 2.64 bits per heavy atom. The van der Waals surface area contributed by atoms with Crippen LogP contribution >= 0.6 is 0 Å². The Morgan fingerprint density at radius 2 is 1.95 bits per heavy atom. The van der Waals surface area contributed by atoms with E-state index in [0.29, 0.717) is 18.9 Å². The molecular weight excluding hydrogens is 276 g/mol. The largest absolute Gasteiger partial charge is 0.445 e. The molecule has 0 spiro atoms. The van der Waals surface area contributed by atoms with Gasteiger partial charge in [-0.2, -0.15) is 5.26 Å². The molecule has 0 heterocycles. The average molecular weight is 300 g/mol. The summed E-state index contributed by atoms with van der Waals surface area (Å²) < 4.78 is 5.41. The van der Waals surface area contributed by atoms with Crippen LogP contribution in [0.25, 0.3) is 0 Å². The Balaban J connectivity index is 1.86. The fourth-order valence-electron chi connectivity index (χ4n) is 2.93. The third-order valence-corrected chi connectivity index (χ3v) is 4.16. The summed E-state index contributed by atoms with van der Waals surface area (Å²) >= 11 is 0. The lowest BCUT2D eigenvalue weighted by Gasteiger charge is -2.28. The van der Waals surface area contributed by atoms with Crippen LogP contribution in [0.2, 0.25) is 0 Å². The van der Waals surface area contributed by atoms with Gasteiger partial charge in [0, 0.05) is 13.1 Å². The van der Waals surface area contributed by atoms with E-state index in [0.717, 1.165) is 12.1 Å². The number of ether oxygens (including phenoxy) is 1. The van der Waals surface area contributed by atoms with E-state index < -0.39 is 0 Å². The van der Waals surface area contributed by atoms with Gasteiger partial charge >= 0.3 is 6.09 Å². The smallest absolute Gasteiger partial charge is 0.410 e. The van der Waals surface area contributed by atoms with Gasteiger partial charge in [0.25, 0.3) is 0 Å². The molecule has 0 bridgehead atoms. The van der Waals surface area contributed by atoms with Crippen molar-refractivity contribution in [2.45, 2.75) is 45.1 Å². The predicted octanol–water partition coefficient (Wildman–Crippen LogP) is 4.12. The highest BCUT2D eigenvalue weighted by molar-refractivity contribution is 5.67. The monoisotopic (exact) mass is 300 g/mol. The minimum atomic E-state index is -0.301. The number of hydrogen-bond donors (Lipinski definition) is 0. The molecule has 1 aromatic carbocycles. The molecule has 0 atom stereocenters. The van der Waals surface area contributed by atoms with Gasteiger partial charge in [0.1, 0.15) is 6.61 Å². The third-order valence-electron chi connectivity index (χ3n) is 4.16. The molecule has 4 heteroatoms. The molecule has 2 rings (SSSR count). The number of benzene rings is 1. The number of rotatable bonds is 6. The van der Waals surface area contributed by atoms with Gasteiger partial charge in [-0.25, -0.2) is 4.79 Å². The van der Waals surface area contributed by atoms with Gasteiger partial charge in [-0.15, -0.1) is 0 Å². The van der Waals surface area contributed by atoms with Crippen molar-refractivity contribution in [1.82, 2.24) is 4.90 Å². The summed E-state index contributed by atoms with van der Waals surface area (Å²) in [5.41, 5.74) is 0.980. The molecule has 0 N–H and O–H groups in total. The first-order valence-electron chi connectivity index (χ1n) is 8.12. The van der Waals surface area contributed by atoms with E-state index in [4.69, 9.17) is 10.00 Å². The van der Waals surface area contributed by atoms with Crippen molar-refractivity contribution >= 4 is 6.09 Å². The summed E-state index contributed by atoms with van der Waals surface area (Å²) in [7, 11) is 0. The highest BCUT2D eigenvalue weighted by Gasteiger charge is 2.21. The molecule has 1 aliphatic rings. The minimum absolute atomic E-state index is 0.285. The second-order valence-electron chi connectivity index (χ2n) is 5.90. The number of nitriles is 1. The Labute approximate surface area is 132 Å². The van der Waals surface area contributed by atoms with Gasteiger partial charge in [0.15, 0.2) is 0 Å². The van der Waals surface area contributed by atoms with Crippen LogP contribution in [-0.4, -0.2) is 24.1 Å². The number of nitrogens with zero attached hydrogens (tertiary/aromatic N) is 2. The maximum Gasteiger partial charge on any atom is 0.410 e. The highest BCUT2D eigenvalue weighted by Crippen LogP contribution is 2.24. The first-order valence-corrected chi connectivity index (χ1v) is 8.12. The molecule has 1 saturated carbocycles. The number of amides is 1. The zero-order valence-electron chi connectivity index (χ0n) is 13.0. The first kappa shape index (κ1) is 16.4. The second-order valence-corrected chi connectivity index (χ2v) is 5.90. The van der Waals surface area contributed by atoms with E-state index in [-0.39, 0.29) is 12.7 Å². The van der Waals surface area contributed by atoms with Crippen molar-refractivity contribution in [3.05, 3.63) is 35.9 Å². The normalized spacial score (nSPS) is 15.0. The third kappa shape index (κ3) is 5.40. The van der Waals surface area contributed by atoms with Crippen molar-refractivity contribution in [3.8, 4) is 6.07 Å². The van der Waals surface area contributed by atoms with Crippen LogP contribution in [0.5, 0.6) is 0 Å². The molecule has 1 aliphatic carbocycles. The van der Waals surface area contributed by atoms with Gasteiger partial charge < -0.3 is 9.64 Å². The van der Waals surface area contributed by atoms with Crippen molar-refractivity contribution in [2.24, 2.45) is 5.92 Å². The Kier molecular flexibility index (Phi) is 6.76. The van der Waals surface area contributed by atoms with E-state index in [1.165, 1.54) is 32.1 Å². The van der Waals surface area contributed by atoms with Crippen molar-refractivity contribution in [1.29, 1.82) is 5.26 Å². The molecule has 4 nitrogen and oxygen atoms in total. The molecule has 22 heavy (non-hydrogen) atoms. The Hall–Kier alpha value is -2.02. The SMILES string of the molecule is N#CCCN(CC1CCCCC1)C(=O)OCc1ccccc1. The summed E-state index contributed by atoms with van der Waals surface area (Å²) in [5.74, 6) is 0.553. The molecule has 0 aliphatic heterocycles. The molecule has 0 aromatic heterocycles. The first-order chi connectivity index (χ1) is 10.8. The standard InChI is InChI=1S/C18H24N2O2/c19-12-7-13-20(14-16-8-3-1-4-9-16)18(21)22-15-17-10-5-2-6-11-17/h2,5-6,10-11,16H,1,3-4,7-9,13-15H2. The van der Waals surface area contributed by atoms with E-state index in [9.17, 15) is 4.79 Å². The Bertz CT molecular complexity index is 490.